The quantitative estimate of drug-likeness (QED) is 0.797. The Bertz CT molecular complexity index is 412. The number of nitrogens with one attached hydrogen (secondary N) is 1. The van der Waals surface area contributed by atoms with Crippen LogP contribution in [0.25, 0.3) is 0 Å². The molecule has 0 heterocycles. The molecule has 1 unspecified atom stereocenters. The second kappa shape index (κ2) is 6.09. The normalized spacial score (nSPS) is 24.2. The standard InChI is InChI=1S/C12H23NO5S/c1-12(2,3)18-11(14)13-10-6-5-9(7-10)8-17-19(4,15)16/h9-10H,5-8H2,1-4H3,(H,13,14)/t9-,10?/m0/s1. The van der Waals surface area contributed by atoms with Crippen LogP contribution in [0.2, 0.25) is 0 Å². The molecule has 0 aromatic rings. The Kier molecular flexibility index (Phi) is 5.20. The van der Waals surface area contributed by atoms with Crippen molar-refractivity contribution in [3.63, 3.8) is 0 Å². The summed E-state index contributed by atoms with van der Waals surface area (Å²) >= 11 is 0. The zero-order valence-electron chi connectivity index (χ0n) is 11.9. The van der Waals surface area contributed by atoms with Gasteiger partial charge in [-0.15, -0.1) is 0 Å². The molecule has 1 aliphatic carbocycles. The minimum atomic E-state index is -3.39. The van der Waals surface area contributed by atoms with E-state index in [0.717, 1.165) is 25.5 Å². The Morgan fingerprint density at radius 1 is 1.32 bits per heavy atom. The average molecular weight is 293 g/mol. The van der Waals surface area contributed by atoms with Gasteiger partial charge in [-0.25, -0.2) is 4.79 Å². The first-order chi connectivity index (χ1) is 8.55. The Balaban J connectivity index is 2.30. The molecule has 1 N–H and O–H groups in total. The second-order valence-electron chi connectivity index (χ2n) is 6.01. The van der Waals surface area contributed by atoms with Crippen molar-refractivity contribution in [3.05, 3.63) is 0 Å². The first-order valence-electron chi connectivity index (χ1n) is 6.39. The van der Waals surface area contributed by atoms with E-state index in [4.69, 9.17) is 8.92 Å². The number of ether oxygens (including phenoxy) is 1. The van der Waals surface area contributed by atoms with Gasteiger partial charge >= 0.3 is 6.09 Å². The maximum Gasteiger partial charge on any atom is 0.407 e. The lowest BCUT2D eigenvalue weighted by Gasteiger charge is -2.21. The van der Waals surface area contributed by atoms with E-state index >= 15 is 0 Å². The molecule has 1 fully saturated rings. The summed E-state index contributed by atoms with van der Waals surface area (Å²) in [5.74, 6) is 0.162. The summed E-state index contributed by atoms with van der Waals surface area (Å²) in [6.45, 7) is 5.61. The minimum absolute atomic E-state index is 0.0306. The molecular formula is C12H23NO5S. The van der Waals surface area contributed by atoms with Gasteiger partial charge in [0.25, 0.3) is 10.1 Å². The summed E-state index contributed by atoms with van der Waals surface area (Å²) in [5.41, 5.74) is -0.512. The van der Waals surface area contributed by atoms with Crippen molar-refractivity contribution in [1.82, 2.24) is 5.32 Å². The lowest BCUT2D eigenvalue weighted by molar-refractivity contribution is 0.0503. The van der Waals surface area contributed by atoms with Crippen molar-refractivity contribution in [2.45, 2.75) is 51.7 Å². The first kappa shape index (κ1) is 16.2. The summed E-state index contributed by atoms with van der Waals surface area (Å²) < 4.78 is 31.7. The highest BCUT2D eigenvalue weighted by Gasteiger charge is 2.28. The van der Waals surface area contributed by atoms with Crippen LogP contribution in [0, 0.1) is 5.92 Å². The fourth-order valence-electron chi connectivity index (χ4n) is 2.05. The molecule has 0 aromatic carbocycles. The van der Waals surface area contributed by atoms with Crippen LogP contribution in [0.1, 0.15) is 40.0 Å². The molecule has 0 saturated heterocycles. The molecule has 0 spiro atoms. The van der Waals surface area contributed by atoms with Gasteiger partial charge in [-0.05, 0) is 46.0 Å². The van der Waals surface area contributed by atoms with E-state index in [1.807, 2.05) is 20.8 Å². The molecule has 1 amide bonds. The van der Waals surface area contributed by atoms with Crippen molar-refractivity contribution in [2.75, 3.05) is 12.9 Å². The van der Waals surface area contributed by atoms with E-state index in [2.05, 4.69) is 5.32 Å². The number of hydrogen-bond donors (Lipinski definition) is 1. The van der Waals surface area contributed by atoms with Crippen LogP contribution in [0.4, 0.5) is 4.79 Å². The largest absolute Gasteiger partial charge is 0.444 e. The molecule has 7 heteroatoms. The lowest BCUT2D eigenvalue weighted by atomic mass is 10.1. The highest BCUT2D eigenvalue weighted by atomic mass is 32.2. The van der Waals surface area contributed by atoms with Gasteiger partial charge in [0.1, 0.15) is 5.60 Å². The summed E-state index contributed by atoms with van der Waals surface area (Å²) in [6, 6.07) is 0.0306. The number of hydrogen-bond acceptors (Lipinski definition) is 5. The van der Waals surface area contributed by atoms with Crippen molar-refractivity contribution in [2.24, 2.45) is 5.92 Å². The lowest BCUT2D eigenvalue weighted by Crippen LogP contribution is -2.38. The fourth-order valence-corrected chi connectivity index (χ4v) is 2.49. The second-order valence-corrected chi connectivity index (χ2v) is 7.65. The number of amides is 1. The van der Waals surface area contributed by atoms with Crippen LogP contribution < -0.4 is 5.32 Å². The summed E-state index contributed by atoms with van der Waals surface area (Å²) in [6.07, 6.45) is 2.99. The van der Waals surface area contributed by atoms with E-state index in [0.29, 0.717) is 0 Å². The van der Waals surface area contributed by atoms with E-state index in [1.54, 1.807) is 0 Å². The van der Waals surface area contributed by atoms with Crippen molar-refractivity contribution in [3.8, 4) is 0 Å². The van der Waals surface area contributed by atoms with Crippen molar-refractivity contribution in [1.29, 1.82) is 0 Å². The van der Waals surface area contributed by atoms with E-state index < -0.39 is 21.8 Å². The Morgan fingerprint density at radius 3 is 2.47 bits per heavy atom. The van der Waals surface area contributed by atoms with Gasteiger partial charge in [0.15, 0.2) is 0 Å². The highest BCUT2D eigenvalue weighted by Crippen LogP contribution is 2.26. The molecule has 6 nitrogen and oxygen atoms in total. The molecule has 1 aliphatic rings. The average Bonchev–Trinajstić information content (AvgIpc) is 2.58. The van der Waals surface area contributed by atoms with Crippen LogP contribution >= 0.6 is 0 Å². The summed E-state index contributed by atoms with van der Waals surface area (Å²) in [7, 11) is -3.39. The molecule has 0 aromatic heterocycles. The molecule has 0 aliphatic heterocycles. The van der Waals surface area contributed by atoms with Crippen LogP contribution in [-0.2, 0) is 19.0 Å². The van der Waals surface area contributed by atoms with Gasteiger partial charge in [-0.1, -0.05) is 0 Å². The molecule has 0 radical (unpaired) electrons. The summed E-state index contributed by atoms with van der Waals surface area (Å²) in [5, 5.41) is 2.80. The zero-order chi connectivity index (χ0) is 14.7. The topological polar surface area (TPSA) is 81.7 Å². The van der Waals surface area contributed by atoms with Crippen molar-refractivity contribution >= 4 is 16.2 Å². The molecule has 19 heavy (non-hydrogen) atoms. The maximum atomic E-state index is 11.6. The van der Waals surface area contributed by atoms with Crippen LogP contribution in [-0.4, -0.2) is 39.0 Å². The molecule has 1 saturated carbocycles. The fraction of sp³-hybridized carbons (Fsp3) is 0.917. The van der Waals surface area contributed by atoms with E-state index in [9.17, 15) is 13.2 Å². The van der Waals surface area contributed by atoms with Crippen LogP contribution in [0.3, 0.4) is 0 Å². The number of alkyl carbamates (subject to hydrolysis) is 1. The Labute approximate surface area is 115 Å². The molecule has 1 rings (SSSR count). The van der Waals surface area contributed by atoms with E-state index in [-0.39, 0.29) is 18.6 Å². The summed E-state index contributed by atoms with van der Waals surface area (Å²) in [4.78, 5) is 11.6. The van der Waals surface area contributed by atoms with Crippen LogP contribution in [0.5, 0.6) is 0 Å². The number of carbonyl (C=O) groups excluding carboxylic acids is 1. The van der Waals surface area contributed by atoms with Crippen molar-refractivity contribution < 1.29 is 22.1 Å². The van der Waals surface area contributed by atoms with Gasteiger partial charge < -0.3 is 10.1 Å². The van der Waals surface area contributed by atoms with Gasteiger partial charge in [-0.2, -0.15) is 8.42 Å². The smallest absolute Gasteiger partial charge is 0.407 e. The van der Waals surface area contributed by atoms with E-state index in [1.165, 1.54) is 0 Å². The molecule has 2 atom stereocenters. The van der Waals surface area contributed by atoms with Gasteiger partial charge in [-0.3, -0.25) is 4.18 Å². The third-order valence-corrected chi connectivity index (χ3v) is 3.34. The minimum Gasteiger partial charge on any atom is -0.444 e. The Hall–Kier alpha value is -0.820. The van der Waals surface area contributed by atoms with Crippen LogP contribution in [0.15, 0.2) is 0 Å². The third-order valence-electron chi connectivity index (χ3n) is 2.78. The number of rotatable bonds is 4. The van der Waals surface area contributed by atoms with Gasteiger partial charge in [0, 0.05) is 6.04 Å². The highest BCUT2D eigenvalue weighted by molar-refractivity contribution is 7.85. The molecule has 112 valence electrons. The van der Waals surface area contributed by atoms with Gasteiger partial charge in [0.05, 0.1) is 12.9 Å². The SMILES string of the molecule is CC(C)(C)OC(=O)NC1CC[C@H](COS(C)(=O)=O)C1. The Morgan fingerprint density at radius 2 is 1.95 bits per heavy atom. The third kappa shape index (κ3) is 7.37. The predicted molar refractivity (Wildman–Crippen MR) is 71.3 cm³/mol. The zero-order valence-corrected chi connectivity index (χ0v) is 12.7. The first-order valence-corrected chi connectivity index (χ1v) is 8.21. The monoisotopic (exact) mass is 293 g/mol. The maximum absolute atomic E-state index is 11.6. The number of carbonyl (C=O) groups is 1. The molecular weight excluding hydrogens is 270 g/mol. The van der Waals surface area contributed by atoms with Gasteiger partial charge in [0.2, 0.25) is 0 Å². The molecule has 0 bridgehead atoms. The predicted octanol–water partition coefficient (Wildman–Crippen LogP) is 1.66.